The normalized spacial score (nSPS) is 11.0. The largest absolute Gasteiger partial charge is 0.493 e. The highest BCUT2D eigenvalue weighted by atomic mass is 16.5. The summed E-state index contributed by atoms with van der Waals surface area (Å²) in [4.78, 5) is 12.3. The number of unbranched alkanes of at least 4 members (excludes halogenated alkanes) is 1. The van der Waals surface area contributed by atoms with Gasteiger partial charge in [-0.3, -0.25) is 4.79 Å². The molecule has 0 atom stereocenters. The van der Waals surface area contributed by atoms with Crippen LogP contribution in [0.25, 0.3) is 11.0 Å². The fourth-order valence-electron chi connectivity index (χ4n) is 2.57. The van der Waals surface area contributed by atoms with Crippen LogP contribution in [0.2, 0.25) is 0 Å². The van der Waals surface area contributed by atoms with Gasteiger partial charge in [-0.15, -0.1) is 0 Å². The van der Waals surface area contributed by atoms with Gasteiger partial charge in [-0.25, -0.2) is 5.43 Å². The molecule has 1 amide bonds. The summed E-state index contributed by atoms with van der Waals surface area (Å²) in [7, 11) is 1.56. The summed E-state index contributed by atoms with van der Waals surface area (Å²) in [5, 5.41) is 4.81. The lowest BCUT2D eigenvalue weighted by molar-refractivity contribution is 0.0929. The number of hydrogen-bond donors (Lipinski definition) is 1. The van der Waals surface area contributed by atoms with Gasteiger partial charge in [-0.05, 0) is 30.7 Å². The number of benzene rings is 2. The first kappa shape index (κ1) is 18.5. The zero-order valence-electron chi connectivity index (χ0n) is 15.4. The predicted octanol–water partition coefficient (Wildman–Crippen LogP) is 4.38. The lowest BCUT2D eigenvalue weighted by atomic mass is 10.2. The molecule has 0 aliphatic carbocycles. The van der Waals surface area contributed by atoms with Gasteiger partial charge in [0.15, 0.2) is 17.1 Å². The maximum Gasteiger partial charge on any atom is 0.307 e. The van der Waals surface area contributed by atoms with Gasteiger partial charge in [0.1, 0.15) is 5.75 Å². The monoisotopic (exact) mass is 366 g/mol. The minimum atomic E-state index is -0.436. The molecule has 1 heterocycles. The number of carbonyl (C=O) groups excluding carboxylic acids is 1. The summed E-state index contributed by atoms with van der Waals surface area (Å²) in [6.45, 7) is 2.76. The molecule has 0 saturated heterocycles. The molecular weight excluding hydrogens is 344 g/mol. The molecule has 0 aliphatic rings. The van der Waals surface area contributed by atoms with Crippen LogP contribution in [0.1, 0.15) is 35.9 Å². The van der Waals surface area contributed by atoms with Gasteiger partial charge in [-0.1, -0.05) is 37.6 Å². The summed E-state index contributed by atoms with van der Waals surface area (Å²) < 4.78 is 16.6. The van der Waals surface area contributed by atoms with Crippen LogP contribution in [0.15, 0.2) is 58.0 Å². The Kier molecular flexibility index (Phi) is 6.10. The number of fused-ring (bicyclic) bond motifs is 1. The number of furan rings is 1. The van der Waals surface area contributed by atoms with Crippen molar-refractivity contribution >= 4 is 23.1 Å². The van der Waals surface area contributed by atoms with Crippen LogP contribution < -0.4 is 14.9 Å². The third-order valence-corrected chi connectivity index (χ3v) is 4.00. The number of nitrogens with zero attached hydrogens (tertiary/aromatic N) is 1. The Bertz CT molecular complexity index is 946. The van der Waals surface area contributed by atoms with Gasteiger partial charge in [0.2, 0.25) is 0 Å². The van der Waals surface area contributed by atoms with Crippen LogP contribution in [0.5, 0.6) is 11.5 Å². The molecule has 0 unspecified atom stereocenters. The molecule has 3 rings (SSSR count). The number of methoxy groups -OCH3 is 1. The molecule has 0 bridgehead atoms. The molecule has 0 radical (unpaired) electrons. The molecule has 0 fully saturated rings. The fraction of sp³-hybridized carbons (Fsp3) is 0.238. The highest BCUT2D eigenvalue weighted by Crippen LogP contribution is 2.28. The minimum Gasteiger partial charge on any atom is -0.493 e. The van der Waals surface area contributed by atoms with E-state index in [-0.39, 0.29) is 5.76 Å². The average Bonchev–Trinajstić information content (AvgIpc) is 3.13. The number of nitrogens with one attached hydrogen (secondary N) is 1. The molecule has 6 nitrogen and oxygen atoms in total. The van der Waals surface area contributed by atoms with Gasteiger partial charge < -0.3 is 13.9 Å². The molecule has 6 heteroatoms. The zero-order valence-corrected chi connectivity index (χ0v) is 15.4. The van der Waals surface area contributed by atoms with Crippen molar-refractivity contribution < 1.29 is 18.7 Å². The van der Waals surface area contributed by atoms with E-state index < -0.39 is 5.91 Å². The molecule has 0 aliphatic heterocycles. The lowest BCUT2D eigenvalue weighted by Gasteiger charge is -2.07. The van der Waals surface area contributed by atoms with Crippen molar-refractivity contribution in [2.75, 3.05) is 13.7 Å². The first-order valence-electron chi connectivity index (χ1n) is 8.84. The van der Waals surface area contributed by atoms with Gasteiger partial charge in [0.25, 0.3) is 0 Å². The molecule has 1 aromatic heterocycles. The smallest absolute Gasteiger partial charge is 0.307 e. The highest BCUT2D eigenvalue weighted by Gasteiger charge is 2.14. The van der Waals surface area contributed by atoms with Crippen molar-refractivity contribution in [3.8, 4) is 11.5 Å². The van der Waals surface area contributed by atoms with Crippen LogP contribution >= 0.6 is 0 Å². The van der Waals surface area contributed by atoms with Gasteiger partial charge in [0.05, 0.1) is 19.9 Å². The number of carbonyl (C=O) groups is 1. The highest BCUT2D eigenvalue weighted by molar-refractivity contribution is 5.97. The molecule has 3 aromatic rings. The van der Waals surface area contributed by atoms with E-state index in [1.165, 1.54) is 0 Å². The first-order chi connectivity index (χ1) is 13.2. The SMILES string of the molecule is CCCCOc1ccccc1/C=N\NC(=O)c1cc2cccc(OC)c2o1. The number of rotatable bonds is 8. The van der Waals surface area contributed by atoms with Gasteiger partial charge >= 0.3 is 5.91 Å². The number of amides is 1. The van der Waals surface area contributed by atoms with Crippen LogP contribution in [0.4, 0.5) is 0 Å². The second kappa shape index (κ2) is 8.89. The Morgan fingerprint density at radius 1 is 1.19 bits per heavy atom. The summed E-state index contributed by atoms with van der Waals surface area (Å²) in [5.41, 5.74) is 3.80. The zero-order chi connectivity index (χ0) is 19.1. The third kappa shape index (κ3) is 4.47. The van der Waals surface area contributed by atoms with Crippen LogP contribution in [0, 0.1) is 0 Å². The summed E-state index contributed by atoms with van der Waals surface area (Å²) >= 11 is 0. The lowest BCUT2D eigenvalue weighted by Crippen LogP contribution is -2.16. The summed E-state index contributed by atoms with van der Waals surface area (Å²) in [6.07, 6.45) is 3.61. The minimum absolute atomic E-state index is 0.166. The van der Waals surface area contributed by atoms with Crippen molar-refractivity contribution in [1.29, 1.82) is 0 Å². The van der Waals surface area contributed by atoms with Crippen molar-refractivity contribution in [2.24, 2.45) is 5.10 Å². The molecule has 0 spiro atoms. The van der Waals surface area contributed by atoms with Gasteiger partial charge in [-0.2, -0.15) is 5.10 Å². The van der Waals surface area contributed by atoms with Crippen molar-refractivity contribution in [3.63, 3.8) is 0 Å². The number of ether oxygens (including phenoxy) is 2. The summed E-state index contributed by atoms with van der Waals surface area (Å²) in [5.74, 6) is 1.04. The van der Waals surface area contributed by atoms with Crippen LogP contribution in [-0.2, 0) is 0 Å². The van der Waals surface area contributed by atoms with E-state index in [0.717, 1.165) is 29.5 Å². The predicted molar refractivity (Wildman–Crippen MR) is 105 cm³/mol. The Morgan fingerprint density at radius 3 is 2.81 bits per heavy atom. The van der Waals surface area contributed by atoms with Crippen molar-refractivity contribution in [2.45, 2.75) is 19.8 Å². The molecule has 140 valence electrons. The molecule has 0 saturated carbocycles. The number of hydrazone groups is 1. The van der Waals surface area contributed by atoms with E-state index in [4.69, 9.17) is 13.9 Å². The van der Waals surface area contributed by atoms with Crippen molar-refractivity contribution in [1.82, 2.24) is 5.43 Å². The van der Waals surface area contributed by atoms with E-state index in [1.54, 1.807) is 25.5 Å². The third-order valence-electron chi connectivity index (χ3n) is 4.00. The van der Waals surface area contributed by atoms with Crippen molar-refractivity contribution in [3.05, 3.63) is 59.9 Å². The van der Waals surface area contributed by atoms with E-state index in [0.29, 0.717) is 17.9 Å². The maximum absolute atomic E-state index is 12.3. The summed E-state index contributed by atoms with van der Waals surface area (Å²) in [6, 6.07) is 14.7. The Morgan fingerprint density at radius 2 is 2.00 bits per heavy atom. The average molecular weight is 366 g/mol. The molecular formula is C21H22N2O4. The van der Waals surface area contributed by atoms with Crippen LogP contribution in [0.3, 0.4) is 0 Å². The quantitative estimate of drug-likeness (QED) is 0.365. The number of hydrogen-bond acceptors (Lipinski definition) is 5. The van der Waals surface area contributed by atoms with Gasteiger partial charge in [0, 0.05) is 10.9 Å². The van der Waals surface area contributed by atoms with E-state index in [9.17, 15) is 4.79 Å². The topological polar surface area (TPSA) is 73.1 Å². The molecule has 2 aromatic carbocycles. The maximum atomic E-state index is 12.3. The van der Waals surface area contributed by atoms with Crippen LogP contribution in [-0.4, -0.2) is 25.8 Å². The second-order valence-corrected chi connectivity index (χ2v) is 5.93. The van der Waals surface area contributed by atoms with E-state index in [1.807, 2.05) is 36.4 Å². The standard InChI is InChI=1S/C21H22N2O4/c1-3-4-12-26-17-10-6-5-8-16(17)14-22-23-21(24)19-13-15-9-7-11-18(25-2)20(15)27-19/h5-11,13-14H,3-4,12H2,1-2H3,(H,23,24)/b22-14-. The first-order valence-corrected chi connectivity index (χ1v) is 8.84. The second-order valence-electron chi connectivity index (χ2n) is 5.93. The molecule has 27 heavy (non-hydrogen) atoms. The Balaban J connectivity index is 1.69. The number of para-hydroxylation sites is 2. The Hall–Kier alpha value is -3.28. The Labute approximate surface area is 157 Å². The van der Waals surface area contributed by atoms with E-state index in [2.05, 4.69) is 17.5 Å². The molecule has 1 N–H and O–H groups in total. The fourth-order valence-corrected chi connectivity index (χ4v) is 2.57. The van der Waals surface area contributed by atoms with E-state index >= 15 is 0 Å².